The molecular formula is C23H21NO4. The number of carbonyl (C=O) groups excluding carboxylic acids is 1. The quantitative estimate of drug-likeness (QED) is 0.687. The van der Waals surface area contributed by atoms with E-state index in [1.54, 1.807) is 18.2 Å². The number of benzene rings is 3. The summed E-state index contributed by atoms with van der Waals surface area (Å²) in [5.41, 5.74) is 5.86. The van der Waals surface area contributed by atoms with Gasteiger partial charge in [-0.15, -0.1) is 0 Å². The van der Waals surface area contributed by atoms with Gasteiger partial charge in [0.25, 0.3) is 0 Å². The number of hydrogen-bond donors (Lipinski definition) is 2. The predicted molar refractivity (Wildman–Crippen MR) is 108 cm³/mol. The summed E-state index contributed by atoms with van der Waals surface area (Å²) in [6.45, 7) is 0.0756. The minimum Gasteiger partial charge on any atom is -0.496 e. The number of carbonyl (C=O) groups is 1. The van der Waals surface area contributed by atoms with Crippen LogP contribution < -0.4 is 10.1 Å². The van der Waals surface area contributed by atoms with Gasteiger partial charge in [-0.2, -0.15) is 0 Å². The minimum absolute atomic E-state index is 0.0158. The molecule has 0 spiro atoms. The summed E-state index contributed by atoms with van der Waals surface area (Å²) in [5, 5.41) is 12.1. The highest BCUT2D eigenvalue weighted by molar-refractivity contribution is 5.85. The van der Waals surface area contributed by atoms with Crippen LogP contribution in [0.4, 0.5) is 10.5 Å². The molecule has 0 saturated heterocycles. The fourth-order valence-corrected chi connectivity index (χ4v) is 3.73. The lowest BCUT2D eigenvalue weighted by molar-refractivity contribution is 0.158. The molecule has 0 bridgehead atoms. The second-order valence-electron chi connectivity index (χ2n) is 6.64. The number of methoxy groups -OCH3 is 1. The maximum absolute atomic E-state index is 12.3. The van der Waals surface area contributed by atoms with E-state index in [1.807, 2.05) is 24.3 Å². The van der Waals surface area contributed by atoms with Crippen LogP contribution in [0.2, 0.25) is 0 Å². The second-order valence-corrected chi connectivity index (χ2v) is 6.64. The SMILES string of the molecule is COc1ccc(NC(=O)OCC2c3ccccc3-c3ccccc32)cc1CO. The number of aliphatic hydroxyl groups excluding tert-OH is 1. The third-order valence-corrected chi connectivity index (χ3v) is 5.04. The van der Waals surface area contributed by atoms with E-state index in [1.165, 1.54) is 29.4 Å². The number of nitrogens with one attached hydrogen (secondary N) is 1. The summed E-state index contributed by atoms with van der Waals surface area (Å²) >= 11 is 0. The Balaban J connectivity index is 1.47. The van der Waals surface area contributed by atoms with Gasteiger partial charge < -0.3 is 14.6 Å². The molecule has 0 radical (unpaired) electrons. The summed E-state index contributed by atoms with van der Waals surface area (Å²) in [7, 11) is 1.53. The zero-order valence-corrected chi connectivity index (χ0v) is 15.5. The molecule has 4 rings (SSSR count). The minimum atomic E-state index is -0.532. The molecule has 142 valence electrons. The highest BCUT2D eigenvalue weighted by Crippen LogP contribution is 2.44. The maximum atomic E-state index is 12.3. The first-order valence-corrected chi connectivity index (χ1v) is 9.11. The molecule has 3 aromatic rings. The van der Waals surface area contributed by atoms with E-state index in [2.05, 4.69) is 29.6 Å². The zero-order valence-electron chi connectivity index (χ0n) is 15.5. The maximum Gasteiger partial charge on any atom is 0.411 e. The van der Waals surface area contributed by atoms with Crippen LogP contribution in [0, 0.1) is 0 Å². The molecule has 5 heteroatoms. The Labute approximate surface area is 163 Å². The van der Waals surface area contributed by atoms with E-state index in [0.717, 1.165) is 0 Å². The lowest BCUT2D eigenvalue weighted by Gasteiger charge is -2.15. The van der Waals surface area contributed by atoms with E-state index in [4.69, 9.17) is 9.47 Å². The predicted octanol–water partition coefficient (Wildman–Crippen LogP) is 4.55. The van der Waals surface area contributed by atoms with Gasteiger partial charge in [-0.05, 0) is 40.5 Å². The van der Waals surface area contributed by atoms with Crippen LogP contribution in [0.15, 0.2) is 66.7 Å². The molecule has 28 heavy (non-hydrogen) atoms. The molecule has 0 aromatic heterocycles. The van der Waals surface area contributed by atoms with Gasteiger partial charge in [0.1, 0.15) is 12.4 Å². The van der Waals surface area contributed by atoms with Gasteiger partial charge in [-0.1, -0.05) is 48.5 Å². The highest BCUT2D eigenvalue weighted by Gasteiger charge is 2.29. The molecule has 3 aromatic carbocycles. The van der Waals surface area contributed by atoms with Crippen molar-refractivity contribution in [2.24, 2.45) is 0 Å². The number of hydrogen-bond acceptors (Lipinski definition) is 4. The van der Waals surface area contributed by atoms with Crippen molar-refractivity contribution in [1.29, 1.82) is 0 Å². The van der Waals surface area contributed by atoms with Crippen molar-refractivity contribution in [2.45, 2.75) is 12.5 Å². The van der Waals surface area contributed by atoms with E-state index >= 15 is 0 Å². The average Bonchev–Trinajstić information content (AvgIpc) is 3.06. The molecule has 5 nitrogen and oxygen atoms in total. The Bertz CT molecular complexity index is 969. The lowest BCUT2D eigenvalue weighted by Crippen LogP contribution is -2.18. The number of ether oxygens (including phenoxy) is 2. The third-order valence-electron chi connectivity index (χ3n) is 5.04. The smallest absolute Gasteiger partial charge is 0.411 e. The molecule has 0 heterocycles. The summed E-state index contributed by atoms with van der Waals surface area (Å²) in [6, 6.07) is 21.5. The number of fused-ring (bicyclic) bond motifs is 3. The average molecular weight is 375 g/mol. The molecule has 1 aliphatic rings. The molecule has 2 N–H and O–H groups in total. The van der Waals surface area contributed by atoms with Crippen LogP contribution in [0.1, 0.15) is 22.6 Å². The first-order chi connectivity index (χ1) is 13.7. The van der Waals surface area contributed by atoms with Crippen molar-refractivity contribution < 1.29 is 19.4 Å². The van der Waals surface area contributed by atoms with Crippen LogP contribution in [-0.2, 0) is 11.3 Å². The fraction of sp³-hybridized carbons (Fsp3) is 0.174. The largest absolute Gasteiger partial charge is 0.496 e. The molecule has 0 fully saturated rings. The van der Waals surface area contributed by atoms with Crippen molar-refractivity contribution in [3.63, 3.8) is 0 Å². The zero-order chi connectivity index (χ0) is 19.5. The van der Waals surface area contributed by atoms with E-state index in [-0.39, 0.29) is 19.1 Å². The van der Waals surface area contributed by atoms with Gasteiger partial charge in [0.05, 0.1) is 13.7 Å². The van der Waals surface area contributed by atoms with E-state index in [9.17, 15) is 9.90 Å². The Morgan fingerprint density at radius 2 is 1.64 bits per heavy atom. The molecule has 0 saturated carbocycles. The van der Waals surface area contributed by atoms with Gasteiger partial charge in [-0.25, -0.2) is 4.79 Å². The Morgan fingerprint density at radius 3 is 2.25 bits per heavy atom. The molecule has 0 aliphatic heterocycles. The van der Waals surface area contributed by atoms with Crippen LogP contribution in [-0.4, -0.2) is 24.9 Å². The Kier molecular flexibility index (Phi) is 5.00. The summed E-state index contributed by atoms with van der Waals surface area (Å²) in [6.07, 6.45) is -0.532. The normalized spacial score (nSPS) is 12.2. The summed E-state index contributed by atoms with van der Waals surface area (Å²) < 4.78 is 10.7. The first kappa shape index (κ1) is 18.1. The molecule has 1 amide bonds. The molecular weight excluding hydrogens is 354 g/mol. The number of amides is 1. The molecule has 1 aliphatic carbocycles. The van der Waals surface area contributed by atoms with Crippen LogP contribution >= 0.6 is 0 Å². The monoisotopic (exact) mass is 375 g/mol. The first-order valence-electron chi connectivity index (χ1n) is 9.11. The van der Waals surface area contributed by atoms with Gasteiger partial charge in [-0.3, -0.25) is 5.32 Å². The van der Waals surface area contributed by atoms with Crippen molar-refractivity contribution in [3.8, 4) is 16.9 Å². The highest BCUT2D eigenvalue weighted by atomic mass is 16.5. The van der Waals surface area contributed by atoms with E-state index in [0.29, 0.717) is 17.0 Å². The van der Waals surface area contributed by atoms with E-state index < -0.39 is 6.09 Å². The van der Waals surface area contributed by atoms with Crippen LogP contribution in [0.25, 0.3) is 11.1 Å². The van der Waals surface area contributed by atoms with Gasteiger partial charge in [0.15, 0.2) is 0 Å². The van der Waals surface area contributed by atoms with Crippen molar-refractivity contribution in [3.05, 3.63) is 83.4 Å². The molecule has 0 unspecified atom stereocenters. The van der Waals surface area contributed by atoms with Crippen molar-refractivity contribution in [1.82, 2.24) is 0 Å². The lowest BCUT2D eigenvalue weighted by atomic mass is 9.98. The van der Waals surface area contributed by atoms with Gasteiger partial charge in [0.2, 0.25) is 0 Å². The third kappa shape index (κ3) is 3.32. The molecule has 0 atom stereocenters. The summed E-state index contributed by atoms with van der Waals surface area (Å²) in [4.78, 5) is 12.3. The van der Waals surface area contributed by atoms with Crippen molar-refractivity contribution >= 4 is 11.8 Å². The number of rotatable bonds is 5. The summed E-state index contributed by atoms with van der Waals surface area (Å²) in [5.74, 6) is 0.586. The van der Waals surface area contributed by atoms with Crippen LogP contribution in [0.3, 0.4) is 0 Å². The number of anilines is 1. The standard InChI is InChI=1S/C23H21NO4/c1-27-22-11-10-16(12-15(22)13-25)24-23(26)28-14-21-19-8-4-2-6-17(19)18-7-3-5-9-20(18)21/h2-12,21,25H,13-14H2,1H3,(H,24,26). The Morgan fingerprint density at radius 1 is 1.00 bits per heavy atom. The topological polar surface area (TPSA) is 67.8 Å². The van der Waals surface area contributed by atoms with Gasteiger partial charge >= 0.3 is 6.09 Å². The van der Waals surface area contributed by atoms with Crippen LogP contribution in [0.5, 0.6) is 5.75 Å². The van der Waals surface area contributed by atoms with Crippen molar-refractivity contribution in [2.75, 3.05) is 19.0 Å². The fourth-order valence-electron chi connectivity index (χ4n) is 3.73. The second kappa shape index (κ2) is 7.74. The Hall–Kier alpha value is -3.31. The number of aliphatic hydroxyl groups is 1. The van der Waals surface area contributed by atoms with Gasteiger partial charge in [0, 0.05) is 17.2 Å².